The summed E-state index contributed by atoms with van der Waals surface area (Å²) in [5, 5.41) is 0. The number of carbonyl (C=O) groups is 1. The molecule has 0 aliphatic rings. The first-order valence-corrected chi connectivity index (χ1v) is 5.01. The highest BCUT2D eigenvalue weighted by Gasteiger charge is 2.10. The second kappa shape index (κ2) is 4.80. The molecule has 0 spiro atoms. The normalized spacial score (nSPS) is 10.2. The molecule has 17 heavy (non-hydrogen) atoms. The van der Waals surface area contributed by atoms with Gasteiger partial charge in [-0.1, -0.05) is 0 Å². The highest BCUT2D eigenvalue weighted by Crippen LogP contribution is 2.10. The van der Waals surface area contributed by atoms with Crippen LogP contribution in [0.2, 0.25) is 0 Å². The lowest BCUT2D eigenvalue weighted by atomic mass is 10.1. The maximum Gasteiger partial charge on any atom is 0.194 e. The summed E-state index contributed by atoms with van der Waals surface area (Å²) in [6.45, 7) is 0.253. The van der Waals surface area contributed by atoms with Crippen molar-refractivity contribution in [2.24, 2.45) is 5.73 Å². The maximum atomic E-state index is 12.9. The number of ketones is 1. The van der Waals surface area contributed by atoms with Crippen molar-refractivity contribution in [1.82, 2.24) is 9.97 Å². The van der Waals surface area contributed by atoms with Crippen molar-refractivity contribution in [3.8, 4) is 0 Å². The summed E-state index contributed by atoms with van der Waals surface area (Å²) in [6, 6.07) is 4.30. The molecule has 0 fully saturated rings. The number of aromatic nitrogens is 2. The van der Waals surface area contributed by atoms with Gasteiger partial charge in [-0.15, -0.1) is 0 Å². The van der Waals surface area contributed by atoms with Crippen LogP contribution in [0.5, 0.6) is 0 Å². The zero-order valence-corrected chi connectivity index (χ0v) is 8.93. The molecule has 2 aromatic rings. The van der Waals surface area contributed by atoms with Gasteiger partial charge in [-0.2, -0.15) is 0 Å². The van der Waals surface area contributed by atoms with Crippen molar-refractivity contribution in [3.63, 3.8) is 0 Å². The molecule has 0 bridgehead atoms. The molecule has 4 nitrogen and oxygen atoms in total. The van der Waals surface area contributed by atoms with Gasteiger partial charge in [0.15, 0.2) is 5.78 Å². The van der Waals surface area contributed by atoms with E-state index in [9.17, 15) is 9.18 Å². The van der Waals surface area contributed by atoms with E-state index in [4.69, 9.17) is 5.73 Å². The van der Waals surface area contributed by atoms with Crippen LogP contribution in [-0.2, 0) is 6.54 Å². The summed E-state index contributed by atoms with van der Waals surface area (Å²) in [5.74, 6) is -0.835. The molecule has 0 aliphatic heterocycles. The SMILES string of the molecule is NCc1cc(C(=O)c2cncc(F)c2)ccn1. The lowest BCUT2D eigenvalue weighted by molar-refractivity contribution is 0.103. The Morgan fingerprint density at radius 3 is 2.82 bits per heavy atom. The predicted octanol–water partition coefficient (Wildman–Crippen LogP) is 1.31. The fourth-order valence-electron chi connectivity index (χ4n) is 1.43. The number of hydrogen-bond donors (Lipinski definition) is 1. The quantitative estimate of drug-likeness (QED) is 0.808. The van der Waals surface area contributed by atoms with Crippen molar-refractivity contribution in [2.45, 2.75) is 6.54 Å². The highest BCUT2D eigenvalue weighted by molar-refractivity contribution is 6.08. The van der Waals surface area contributed by atoms with E-state index in [-0.39, 0.29) is 17.9 Å². The summed E-state index contributed by atoms with van der Waals surface area (Å²) in [7, 11) is 0. The molecule has 0 aliphatic carbocycles. The third-order valence-corrected chi connectivity index (χ3v) is 2.25. The molecule has 0 amide bonds. The minimum atomic E-state index is -0.538. The molecular weight excluding hydrogens is 221 g/mol. The number of nitrogens with zero attached hydrogens (tertiary/aromatic N) is 2. The number of pyridine rings is 2. The summed E-state index contributed by atoms with van der Waals surface area (Å²) in [5.41, 5.74) is 6.68. The Kier molecular flexibility index (Phi) is 3.20. The third kappa shape index (κ3) is 2.51. The molecule has 0 radical (unpaired) electrons. The van der Waals surface area contributed by atoms with Crippen LogP contribution in [0.4, 0.5) is 4.39 Å². The number of halogens is 1. The van der Waals surface area contributed by atoms with Crippen LogP contribution >= 0.6 is 0 Å². The van der Waals surface area contributed by atoms with Crippen LogP contribution in [-0.4, -0.2) is 15.8 Å². The Hall–Kier alpha value is -2.14. The first kappa shape index (κ1) is 11.3. The largest absolute Gasteiger partial charge is 0.325 e. The first-order chi connectivity index (χ1) is 8.20. The van der Waals surface area contributed by atoms with E-state index in [1.54, 1.807) is 12.1 Å². The third-order valence-electron chi connectivity index (χ3n) is 2.25. The van der Waals surface area contributed by atoms with Gasteiger partial charge >= 0.3 is 0 Å². The standard InChI is InChI=1S/C12H10FN3O/c13-10-3-9(6-15-7-10)12(17)8-1-2-16-11(4-8)5-14/h1-4,6-7H,5,14H2. The Balaban J connectivity index is 2.36. The topological polar surface area (TPSA) is 68.9 Å². The van der Waals surface area contributed by atoms with Crippen molar-refractivity contribution < 1.29 is 9.18 Å². The molecule has 2 N–H and O–H groups in total. The van der Waals surface area contributed by atoms with Gasteiger partial charge < -0.3 is 5.73 Å². The average molecular weight is 231 g/mol. The second-order valence-electron chi connectivity index (χ2n) is 3.46. The zero-order valence-electron chi connectivity index (χ0n) is 8.93. The molecule has 0 atom stereocenters. The van der Waals surface area contributed by atoms with Gasteiger partial charge in [0.1, 0.15) is 5.82 Å². The second-order valence-corrected chi connectivity index (χ2v) is 3.46. The number of nitrogens with two attached hydrogens (primary N) is 1. The van der Waals surface area contributed by atoms with Crippen LogP contribution in [0.3, 0.4) is 0 Å². The van der Waals surface area contributed by atoms with Crippen LogP contribution in [0, 0.1) is 5.82 Å². The van der Waals surface area contributed by atoms with Crippen molar-refractivity contribution in [3.05, 3.63) is 59.4 Å². The number of rotatable bonds is 3. The minimum Gasteiger partial charge on any atom is -0.325 e. The van der Waals surface area contributed by atoms with E-state index in [2.05, 4.69) is 9.97 Å². The molecular formula is C12H10FN3O. The Morgan fingerprint density at radius 2 is 2.12 bits per heavy atom. The monoisotopic (exact) mass is 231 g/mol. The van der Waals surface area contributed by atoms with E-state index >= 15 is 0 Å². The van der Waals surface area contributed by atoms with E-state index in [1.165, 1.54) is 12.4 Å². The van der Waals surface area contributed by atoms with Crippen LogP contribution in [0.25, 0.3) is 0 Å². The van der Waals surface area contributed by atoms with Gasteiger partial charge in [0.2, 0.25) is 0 Å². The fourth-order valence-corrected chi connectivity index (χ4v) is 1.43. The number of hydrogen-bond acceptors (Lipinski definition) is 4. The Bertz CT molecular complexity index is 557. The van der Waals surface area contributed by atoms with E-state index in [0.717, 1.165) is 12.3 Å². The Labute approximate surface area is 97.3 Å². The number of carbonyl (C=O) groups excluding carboxylic acids is 1. The average Bonchev–Trinajstić information content (AvgIpc) is 2.38. The smallest absolute Gasteiger partial charge is 0.194 e. The molecule has 0 aromatic carbocycles. The predicted molar refractivity (Wildman–Crippen MR) is 59.8 cm³/mol. The van der Waals surface area contributed by atoms with Crippen molar-refractivity contribution in [2.75, 3.05) is 0 Å². The zero-order chi connectivity index (χ0) is 12.3. The fraction of sp³-hybridized carbons (Fsp3) is 0.0833. The van der Waals surface area contributed by atoms with Gasteiger partial charge in [-0.25, -0.2) is 4.39 Å². The molecule has 0 unspecified atom stereocenters. The van der Waals surface area contributed by atoms with Crippen molar-refractivity contribution >= 4 is 5.78 Å². The van der Waals surface area contributed by atoms with Gasteiger partial charge in [-0.05, 0) is 18.2 Å². The minimum absolute atomic E-state index is 0.208. The van der Waals surface area contributed by atoms with Crippen molar-refractivity contribution in [1.29, 1.82) is 0 Å². The van der Waals surface area contributed by atoms with Crippen LogP contribution < -0.4 is 5.73 Å². The molecule has 0 saturated carbocycles. The van der Waals surface area contributed by atoms with E-state index in [1.807, 2.05) is 0 Å². The summed E-state index contributed by atoms with van der Waals surface area (Å²) in [6.07, 6.45) is 3.88. The van der Waals surface area contributed by atoms with Crippen LogP contribution in [0.15, 0.2) is 36.8 Å². The maximum absolute atomic E-state index is 12.9. The van der Waals surface area contributed by atoms with Gasteiger partial charge in [0.25, 0.3) is 0 Å². The van der Waals surface area contributed by atoms with Gasteiger partial charge in [-0.3, -0.25) is 14.8 Å². The molecule has 2 aromatic heterocycles. The summed E-state index contributed by atoms with van der Waals surface area (Å²) < 4.78 is 12.9. The Morgan fingerprint density at radius 1 is 1.29 bits per heavy atom. The lowest BCUT2D eigenvalue weighted by Crippen LogP contribution is -2.06. The molecule has 5 heteroatoms. The summed E-state index contributed by atoms with van der Waals surface area (Å²) >= 11 is 0. The van der Waals surface area contributed by atoms with E-state index < -0.39 is 5.82 Å². The molecule has 0 saturated heterocycles. The molecule has 2 rings (SSSR count). The van der Waals surface area contributed by atoms with Gasteiger partial charge in [0.05, 0.1) is 11.9 Å². The van der Waals surface area contributed by atoms with Crippen LogP contribution in [0.1, 0.15) is 21.6 Å². The lowest BCUT2D eigenvalue weighted by Gasteiger charge is -2.02. The molecule has 86 valence electrons. The summed E-state index contributed by atoms with van der Waals surface area (Å²) in [4.78, 5) is 19.6. The molecule has 2 heterocycles. The highest BCUT2D eigenvalue weighted by atomic mass is 19.1. The van der Waals surface area contributed by atoms with Gasteiger partial charge in [0, 0.05) is 30.1 Å². The first-order valence-electron chi connectivity index (χ1n) is 5.01. The van der Waals surface area contributed by atoms with E-state index in [0.29, 0.717) is 11.3 Å².